The molecule has 0 unspecified atom stereocenters. The van der Waals surface area contributed by atoms with Gasteiger partial charge in [-0.05, 0) is 51.8 Å². The van der Waals surface area contributed by atoms with Gasteiger partial charge in [0.2, 0.25) is 0 Å². The predicted molar refractivity (Wildman–Crippen MR) is 113 cm³/mol. The van der Waals surface area contributed by atoms with Gasteiger partial charge in [-0.25, -0.2) is 4.79 Å². The average molecular weight is 391 g/mol. The maximum atomic E-state index is 11.8. The van der Waals surface area contributed by atoms with Gasteiger partial charge in [0.25, 0.3) is 0 Å². The molecule has 2 rings (SSSR count). The van der Waals surface area contributed by atoms with Crippen molar-refractivity contribution in [3.05, 3.63) is 29.8 Å². The molecule has 1 aliphatic rings. The van der Waals surface area contributed by atoms with Crippen molar-refractivity contribution in [1.29, 1.82) is 0 Å². The molecule has 1 fully saturated rings. The van der Waals surface area contributed by atoms with Gasteiger partial charge in [0, 0.05) is 24.2 Å². The number of aliphatic imine (C=N–C) groups is 1. The Kier molecular flexibility index (Phi) is 7.69. The van der Waals surface area contributed by atoms with Crippen LogP contribution in [0.25, 0.3) is 0 Å². The first-order valence-electron chi connectivity index (χ1n) is 9.88. The molecule has 28 heavy (non-hydrogen) atoms. The molecule has 1 aliphatic heterocycles. The van der Waals surface area contributed by atoms with Crippen LogP contribution in [0.1, 0.15) is 40.2 Å². The van der Waals surface area contributed by atoms with Crippen molar-refractivity contribution in [2.45, 2.75) is 46.6 Å². The fourth-order valence-electron chi connectivity index (χ4n) is 2.65. The number of hydrogen-bond donors (Lipinski definition) is 3. The molecule has 1 heterocycles. The quantitative estimate of drug-likeness (QED) is 0.492. The van der Waals surface area contributed by atoms with Crippen LogP contribution in [-0.2, 0) is 15.9 Å². The molecule has 3 N–H and O–H groups in total. The minimum Gasteiger partial charge on any atom is -0.444 e. The molecule has 0 atom stereocenters. The first-order valence-corrected chi connectivity index (χ1v) is 9.88. The zero-order chi connectivity index (χ0) is 20.6. The summed E-state index contributed by atoms with van der Waals surface area (Å²) in [6, 6.07) is 7.78. The van der Waals surface area contributed by atoms with Crippen molar-refractivity contribution >= 4 is 17.7 Å². The Morgan fingerprint density at radius 1 is 1.21 bits per heavy atom. The molecule has 7 nitrogen and oxygen atoms in total. The van der Waals surface area contributed by atoms with E-state index >= 15 is 0 Å². The zero-order valence-electron chi connectivity index (χ0n) is 17.7. The lowest BCUT2D eigenvalue weighted by Gasteiger charge is -2.36. The highest BCUT2D eigenvalue weighted by atomic mass is 16.6. The summed E-state index contributed by atoms with van der Waals surface area (Å²) in [6.45, 7) is 13.7. The maximum absolute atomic E-state index is 11.8. The fourth-order valence-corrected chi connectivity index (χ4v) is 2.65. The molecule has 0 aliphatic carbocycles. The van der Waals surface area contributed by atoms with E-state index in [0.717, 1.165) is 50.9 Å². The second-order valence-electron chi connectivity index (χ2n) is 8.50. The predicted octanol–water partition coefficient (Wildman–Crippen LogP) is 3.17. The van der Waals surface area contributed by atoms with Crippen LogP contribution in [0.3, 0.4) is 0 Å². The first-order chi connectivity index (χ1) is 13.2. The van der Waals surface area contributed by atoms with Crippen LogP contribution < -0.4 is 16.0 Å². The first kappa shape index (κ1) is 22.0. The lowest BCUT2D eigenvalue weighted by molar-refractivity contribution is -0.0945. The summed E-state index contributed by atoms with van der Waals surface area (Å²) >= 11 is 0. The molecule has 7 heteroatoms. The van der Waals surface area contributed by atoms with Gasteiger partial charge in [0.05, 0.1) is 19.8 Å². The number of nitrogens with zero attached hydrogens (tertiary/aromatic N) is 1. The van der Waals surface area contributed by atoms with Crippen molar-refractivity contribution in [3.8, 4) is 0 Å². The third-order valence-corrected chi connectivity index (χ3v) is 4.17. The Labute approximate surface area is 168 Å². The van der Waals surface area contributed by atoms with Gasteiger partial charge in [-0.15, -0.1) is 0 Å². The van der Waals surface area contributed by atoms with Crippen molar-refractivity contribution < 1.29 is 14.3 Å². The van der Waals surface area contributed by atoms with E-state index in [0.29, 0.717) is 0 Å². The van der Waals surface area contributed by atoms with Crippen LogP contribution in [0.2, 0.25) is 0 Å². The third kappa shape index (κ3) is 7.76. The largest absolute Gasteiger partial charge is 0.444 e. The number of rotatable bonds is 7. The number of carbonyl (C=O) groups is 1. The van der Waals surface area contributed by atoms with Crippen molar-refractivity contribution in [3.63, 3.8) is 0 Å². The topological polar surface area (TPSA) is 84.0 Å². The standard InChI is InChI=1S/C21H34N4O3/c1-6-22-18(24-13-21(5)14-27-15-21)23-12-11-16-7-9-17(10-8-16)25-19(26)28-20(2,3)4/h7-10H,6,11-15H2,1-5H3,(H,25,26)(H2,22,23,24). The third-order valence-electron chi connectivity index (χ3n) is 4.17. The number of guanidine groups is 1. The van der Waals surface area contributed by atoms with Gasteiger partial charge in [-0.3, -0.25) is 10.3 Å². The van der Waals surface area contributed by atoms with E-state index in [4.69, 9.17) is 9.47 Å². The van der Waals surface area contributed by atoms with E-state index in [2.05, 4.69) is 34.8 Å². The van der Waals surface area contributed by atoms with Gasteiger partial charge in [0.15, 0.2) is 5.96 Å². The number of hydrogen-bond acceptors (Lipinski definition) is 4. The minimum atomic E-state index is -0.509. The smallest absolute Gasteiger partial charge is 0.412 e. The number of anilines is 1. The van der Waals surface area contributed by atoms with Crippen LogP contribution in [0.5, 0.6) is 0 Å². The van der Waals surface area contributed by atoms with E-state index in [-0.39, 0.29) is 5.41 Å². The zero-order valence-corrected chi connectivity index (χ0v) is 17.7. The van der Waals surface area contributed by atoms with Crippen molar-refractivity contribution in [2.24, 2.45) is 10.4 Å². The van der Waals surface area contributed by atoms with Gasteiger partial charge < -0.3 is 20.1 Å². The Morgan fingerprint density at radius 2 is 1.89 bits per heavy atom. The van der Waals surface area contributed by atoms with Crippen LogP contribution >= 0.6 is 0 Å². The summed E-state index contributed by atoms with van der Waals surface area (Å²) in [6.07, 6.45) is 0.413. The highest BCUT2D eigenvalue weighted by Gasteiger charge is 2.33. The van der Waals surface area contributed by atoms with E-state index in [1.165, 1.54) is 5.56 Å². The molecule has 0 aromatic heterocycles. The highest BCUT2D eigenvalue weighted by molar-refractivity contribution is 5.84. The van der Waals surface area contributed by atoms with Crippen molar-refractivity contribution in [1.82, 2.24) is 10.6 Å². The number of amides is 1. The molecule has 0 saturated carbocycles. The SMILES string of the molecule is CCNC(=NCC1(C)COC1)NCCc1ccc(NC(=O)OC(C)(C)C)cc1. The Hall–Kier alpha value is -2.28. The van der Waals surface area contributed by atoms with Gasteiger partial charge in [-0.1, -0.05) is 19.1 Å². The molecule has 0 bridgehead atoms. The molecule has 156 valence electrons. The van der Waals surface area contributed by atoms with Crippen molar-refractivity contribution in [2.75, 3.05) is 38.2 Å². The Balaban J connectivity index is 1.78. The molecular formula is C21H34N4O3. The second-order valence-corrected chi connectivity index (χ2v) is 8.50. The molecule has 0 spiro atoms. The summed E-state index contributed by atoms with van der Waals surface area (Å²) in [4.78, 5) is 16.5. The van der Waals surface area contributed by atoms with Crippen LogP contribution in [-0.4, -0.2) is 50.5 Å². The number of ether oxygens (including phenoxy) is 2. The normalized spacial score (nSPS) is 16.1. The Morgan fingerprint density at radius 3 is 2.43 bits per heavy atom. The lowest BCUT2D eigenvalue weighted by atomic mass is 9.89. The summed E-state index contributed by atoms with van der Waals surface area (Å²) in [5.41, 5.74) is 1.55. The molecule has 1 aromatic carbocycles. The maximum Gasteiger partial charge on any atom is 0.412 e. The van der Waals surface area contributed by atoms with E-state index < -0.39 is 11.7 Å². The summed E-state index contributed by atoms with van der Waals surface area (Å²) < 4.78 is 10.5. The monoisotopic (exact) mass is 390 g/mol. The Bertz CT molecular complexity index is 661. The fraction of sp³-hybridized carbons (Fsp3) is 0.619. The summed E-state index contributed by atoms with van der Waals surface area (Å²) in [5, 5.41) is 9.39. The summed E-state index contributed by atoms with van der Waals surface area (Å²) in [7, 11) is 0. The lowest BCUT2D eigenvalue weighted by Crippen LogP contribution is -2.44. The van der Waals surface area contributed by atoms with Crippen LogP contribution in [0.15, 0.2) is 29.3 Å². The second kappa shape index (κ2) is 9.78. The van der Waals surface area contributed by atoms with Crippen LogP contribution in [0.4, 0.5) is 10.5 Å². The number of nitrogens with one attached hydrogen (secondary N) is 3. The van der Waals surface area contributed by atoms with Gasteiger partial charge in [0.1, 0.15) is 5.60 Å². The molecule has 1 saturated heterocycles. The molecular weight excluding hydrogens is 356 g/mol. The summed E-state index contributed by atoms with van der Waals surface area (Å²) in [5.74, 6) is 0.832. The molecule has 1 aromatic rings. The van der Waals surface area contributed by atoms with E-state index in [1.807, 2.05) is 45.0 Å². The molecule has 0 radical (unpaired) electrons. The number of benzene rings is 1. The van der Waals surface area contributed by atoms with Crippen LogP contribution in [0, 0.1) is 5.41 Å². The minimum absolute atomic E-state index is 0.166. The highest BCUT2D eigenvalue weighted by Crippen LogP contribution is 2.26. The van der Waals surface area contributed by atoms with Gasteiger partial charge in [-0.2, -0.15) is 0 Å². The average Bonchev–Trinajstić information content (AvgIpc) is 2.58. The van der Waals surface area contributed by atoms with E-state index in [1.54, 1.807) is 0 Å². The van der Waals surface area contributed by atoms with Gasteiger partial charge >= 0.3 is 6.09 Å². The van der Waals surface area contributed by atoms with E-state index in [9.17, 15) is 4.79 Å². The molecule has 1 amide bonds. The number of carbonyl (C=O) groups excluding carboxylic acids is 1.